The molecule has 0 saturated heterocycles. The molecule has 0 amide bonds. The maximum Gasteiger partial charge on any atom is 0.328 e. The second-order valence-corrected chi connectivity index (χ2v) is 4.68. The molecule has 0 fully saturated rings. The van der Waals surface area contributed by atoms with Crippen molar-refractivity contribution in [1.29, 1.82) is 0 Å². The predicted octanol–water partition coefficient (Wildman–Crippen LogP) is 1.24. The number of anilines is 1. The largest absolute Gasteiger partial charge is 0.373 e. The third-order valence-corrected chi connectivity index (χ3v) is 3.30. The van der Waals surface area contributed by atoms with Gasteiger partial charge in [-0.3, -0.25) is 14.3 Å². The average molecular weight is 295 g/mol. The maximum atomic E-state index is 11.8. The second kappa shape index (κ2) is 5.92. The molecule has 0 spiro atoms. The number of H-pyrrole nitrogens is 1. The van der Waals surface area contributed by atoms with Crippen molar-refractivity contribution in [2.24, 2.45) is 0 Å². The van der Waals surface area contributed by atoms with E-state index in [1.54, 1.807) is 25.4 Å². The van der Waals surface area contributed by atoms with Crippen molar-refractivity contribution in [3.8, 4) is 0 Å². The topological polar surface area (TPSA) is 79.8 Å². The average Bonchev–Trinajstić information content (AvgIpc) is 2.44. The van der Waals surface area contributed by atoms with Gasteiger partial charge in [-0.2, -0.15) is 0 Å². The second-order valence-electron chi connectivity index (χ2n) is 4.27. The highest BCUT2D eigenvalue weighted by atomic mass is 35.5. The molecule has 2 heterocycles. The number of aromatic nitrogens is 3. The first-order valence-corrected chi connectivity index (χ1v) is 6.58. The van der Waals surface area contributed by atoms with Crippen LogP contribution in [0.4, 0.5) is 5.82 Å². The summed E-state index contributed by atoms with van der Waals surface area (Å²) in [7, 11) is 1.75. The van der Waals surface area contributed by atoms with E-state index >= 15 is 0 Å². The molecular weight excluding hydrogens is 280 g/mol. The van der Waals surface area contributed by atoms with Gasteiger partial charge in [-0.15, -0.1) is 0 Å². The van der Waals surface area contributed by atoms with Crippen LogP contribution in [0.5, 0.6) is 0 Å². The Kier molecular flexibility index (Phi) is 4.24. The zero-order valence-corrected chi connectivity index (χ0v) is 12.0. The zero-order chi connectivity index (χ0) is 14.7. The van der Waals surface area contributed by atoms with Crippen LogP contribution in [0, 0.1) is 0 Å². The molecule has 2 rings (SSSR count). The van der Waals surface area contributed by atoms with E-state index in [1.165, 1.54) is 4.57 Å². The molecule has 2 aromatic rings. The Morgan fingerprint density at radius 3 is 2.80 bits per heavy atom. The van der Waals surface area contributed by atoms with E-state index in [0.29, 0.717) is 28.5 Å². The fourth-order valence-corrected chi connectivity index (χ4v) is 1.98. The summed E-state index contributed by atoms with van der Waals surface area (Å²) in [4.78, 5) is 29.9. The highest BCUT2D eigenvalue weighted by molar-refractivity contribution is 6.31. The Balaban J connectivity index is 2.44. The van der Waals surface area contributed by atoms with Crippen molar-refractivity contribution >= 4 is 17.4 Å². The first-order valence-electron chi connectivity index (χ1n) is 6.21. The maximum absolute atomic E-state index is 11.8. The lowest BCUT2D eigenvalue weighted by Gasteiger charge is -2.09. The molecule has 2 aromatic heterocycles. The lowest BCUT2D eigenvalue weighted by molar-refractivity contribution is 0.694. The van der Waals surface area contributed by atoms with E-state index in [-0.39, 0.29) is 12.1 Å². The third kappa shape index (κ3) is 2.91. The van der Waals surface area contributed by atoms with Gasteiger partial charge < -0.3 is 5.32 Å². The van der Waals surface area contributed by atoms with Crippen LogP contribution < -0.4 is 16.6 Å². The molecule has 20 heavy (non-hydrogen) atoms. The lowest BCUT2D eigenvalue weighted by Crippen LogP contribution is -2.32. The molecule has 7 heteroatoms. The fraction of sp³-hybridized carbons (Fsp3) is 0.308. The van der Waals surface area contributed by atoms with Crippen molar-refractivity contribution < 1.29 is 0 Å². The Morgan fingerprint density at radius 2 is 2.15 bits per heavy atom. The Bertz CT molecular complexity index is 736. The number of nitrogens with zero attached hydrogens (tertiary/aromatic N) is 2. The van der Waals surface area contributed by atoms with E-state index in [9.17, 15) is 9.59 Å². The molecule has 0 aliphatic carbocycles. The molecule has 106 valence electrons. The summed E-state index contributed by atoms with van der Waals surface area (Å²) < 4.78 is 1.40. The molecule has 2 N–H and O–H groups in total. The number of hydrogen-bond donors (Lipinski definition) is 2. The number of aryl methyl sites for hydroxylation is 1. The molecule has 6 nitrogen and oxygen atoms in total. The SMILES string of the molecule is CCc1cn(Cc2nc(NC)ccc2Cl)c(=O)[nH]c1=O. The van der Waals surface area contributed by atoms with Crippen LogP contribution in [0.2, 0.25) is 5.02 Å². The van der Waals surface area contributed by atoms with Gasteiger partial charge in [0.2, 0.25) is 0 Å². The van der Waals surface area contributed by atoms with Crippen LogP contribution in [0.15, 0.2) is 27.9 Å². The minimum Gasteiger partial charge on any atom is -0.373 e. The van der Waals surface area contributed by atoms with Gasteiger partial charge in [-0.05, 0) is 18.6 Å². The number of halogens is 1. The quantitative estimate of drug-likeness (QED) is 0.889. The predicted molar refractivity (Wildman–Crippen MR) is 78.6 cm³/mol. The Morgan fingerprint density at radius 1 is 1.40 bits per heavy atom. The number of hydrogen-bond acceptors (Lipinski definition) is 4. The van der Waals surface area contributed by atoms with Gasteiger partial charge in [-0.25, -0.2) is 9.78 Å². The number of rotatable bonds is 4. The summed E-state index contributed by atoms with van der Waals surface area (Å²) in [6, 6.07) is 3.46. The van der Waals surface area contributed by atoms with E-state index < -0.39 is 5.69 Å². The minimum atomic E-state index is -0.472. The zero-order valence-electron chi connectivity index (χ0n) is 11.2. The summed E-state index contributed by atoms with van der Waals surface area (Å²) in [6.45, 7) is 2.06. The molecule has 0 aromatic carbocycles. The molecular formula is C13H15ClN4O2. The van der Waals surface area contributed by atoms with Gasteiger partial charge in [0, 0.05) is 18.8 Å². The summed E-state index contributed by atoms with van der Waals surface area (Å²) in [5.41, 5.74) is 0.289. The third-order valence-electron chi connectivity index (χ3n) is 2.96. The van der Waals surface area contributed by atoms with Crippen molar-refractivity contribution in [2.75, 3.05) is 12.4 Å². The summed E-state index contributed by atoms with van der Waals surface area (Å²) in [5.74, 6) is 0.664. The first-order chi connectivity index (χ1) is 9.55. The van der Waals surface area contributed by atoms with Crippen LogP contribution in [-0.2, 0) is 13.0 Å². The number of pyridine rings is 1. The van der Waals surface area contributed by atoms with Crippen LogP contribution >= 0.6 is 11.6 Å². The number of nitrogens with one attached hydrogen (secondary N) is 2. The molecule has 0 bridgehead atoms. The molecule has 0 aliphatic heterocycles. The highest BCUT2D eigenvalue weighted by Crippen LogP contribution is 2.17. The molecule has 0 radical (unpaired) electrons. The molecule has 0 aliphatic rings. The van der Waals surface area contributed by atoms with Gasteiger partial charge in [0.05, 0.1) is 17.3 Å². The van der Waals surface area contributed by atoms with E-state index in [0.717, 1.165) is 0 Å². The van der Waals surface area contributed by atoms with Gasteiger partial charge >= 0.3 is 5.69 Å². The molecule has 0 saturated carbocycles. The van der Waals surface area contributed by atoms with Gasteiger partial charge in [0.1, 0.15) is 5.82 Å². The van der Waals surface area contributed by atoms with Crippen molar-refractivity contribution in [3.05, 3.63) is 55.4 Å². The summed E-state index contributed by atoms with van der Waals surface area (Å²) in [5, 5.41) is 3.38. The molecule has 0 unspecified atom stereocenters. The monoisotopic (exact) mass is 294 g/mol. The summed E-state index contributed by atoms with van der Waals surface area (Å²) >= 11 is 6.08. The summed E-state index contributed by atoms with van der Waals surface area (Å²) in [6.07, 6.45) is 2.10. The molecule has 0 atom stereocenters. The Labute approximate surface area is 120 Å². The normalized spacial score (nSPS) is 10.6. The van der Waals surface area contributed by atoms with Crippen LogP contribution in [0.1, 0.15) is 18.2 Å². The van der Waals surface area contributed by atoms with Crippen molar-refractivity contribution in [1.82, 2.24) is 14.5 Å². The number of aromatic amines is 1. The minimum absolute atomic E-state index is 0.205. The highest BCUT2D eigenvalue weighted by Gasteiger charge is 2.08. The van der Waals surface area contributed by atoms with Crippen molar-refractivity contribution in [2.45, 2.75) is 19.9 Å². The lowest BCUT2D eigenvalue weighted by atomic mass is 10.2. The van der Waals surface area contributed by atoms with Gasteiger partial charge in [0.15, 0.2) is 0 Å². The van der Waals surface area contributed by atoms with E-state index in [2.05, 4.69) is 15.3 Å². The standard InChI is InChI=1S/C13H15ClN4O2/c1-3-8-6-18(13(20)17-12(8)19)7-10-9(14)4-5-11(15-2)16-10/h4-6H,3,7H2,1-2H3,(H,15,16)(H,17,19,20). The van der Waals surface area contributed by atoms with Crippen molar-refractivity contribution in [3.63, 3.8) is 0 Å². The van der Waals surface area contributed by atoms with E-state index in [4.69, 9.17) is 11.6 Å². The first kappa shape index (κ1) is 14.3. The fourth-order valence-electron chi connectivity index (χ4n) is 1.82. The Hall–Kier alpha value is -2.08. The van der Waals surface area contributed by atoms with Crippen LogP contribution in [0.3, 0.4) is 0 Å². The van der Waals surface area contributed by atoms with Gasteiger partial charge in [-0.1, -0.05) is 18.5 Å². The van der Waals surface area contributed by atoms with Crippen LogP contribution in [0.25, 0.3) is 0 Å². The van der Waals surface area contributed by atoms with Gasteiger partial charge in [0.25, 0.3) is 5.56 Å². The van der Waals surface area contributed by atoms with E-state index in [1.807, 2.05) is 6.92 Å². The van der Waals surface area contributed by atoms with Crippen LogP contribution in [-0.4, -0.2) is 21.6 Å². The smallest absolute Gasteiger partial charge is 0.328 e.